The van der Waals surface area contributed by atoms with Crippen LogP contribution in [0.25, 0.3) is 10.9 Å². The number of aromatic amines is 1. The van der Waals surface area contributed by atoms with Crippen LogP contribution in [0.5, 0.6) is 0 Å². The fourth-order valence-electron chi connectivity index (χ4n) is 2.85. The SMILES string of the molecule is NC1CCCCCC1NC(=O)c1ccc2cn[nH]c2c1. The van der Waals surface area contributed by atoms with E-state index in [0.717, 1.165) is 36.6 Å². The number of hydrogen-bond donors (Lipinski definition) is 3. The van der Waals surface area contributed by atoms with Crippen molar-refractivity contribution < 1.29 is 4.79 Å². The van der Waals surface area contributed by atoms with Crippen LogP contribution in [-0.2, 0) is 0 Å². The number of carbonyl (C=O) groups is 1. The van der Waals surface area contributed by atoms with E-state index in [9.17, 15) is 4.79 Å². The lowest BCUT2D eigenvalue weighted by molar-refractivity contribution is 0.0929. The summed E-state index contributed by atoms with van der Waals surface area (Å²) >= 11 is 0. The fraction of sp³-hybridized carbons (Fsp3) is 0.467. The van der Waals surface area contributed by atoms with Gasteiger partial charge in [0.05, 0.1) is 11.7 Å². The van der Waals surface area contributed by atoms with Crippen LogP contribution >= 0.6 is 0 Å². The Morgan fingerprint density at radius 1 is 1.30 bits per heavy atom. The molecule has 0 radical (unpaired) electrons. The third-order valence-electron chi connectivity index (χ3n) is 4.09. The average Bonchev–Trinajstić information content (AvgIpc) is 2.83. The molecule has 106 valence electrons. The zero-order chi connectivity index (χ0) is 13.9. The molecule has 3 rings (SSSR count). The predicted molar refractivity (Wildman–Crippen MR) is 78.4 cm³/mol. The molecule has 0 spiro atoms. The largest absolute Gasteiger partial charge is 0.348 e. The van der Waals surface area contributed by atoms with Gasteiger partial charge in [-0.25, -0.2) is 0 Å². The Morgan fingerprint density at radius 3 is 3.05 bits per heavy atom. The van der Waals surface area contributed by atoms with Gasteiger partial charge in [-0.05, 0) is 25.0 Å². The monoisotopic (exact) mass is 272 g/mol. The molecule has 1 saturated carbocycles. The number of rotatable bonds is 2. The summed E-state index contributed by atoms with van der Waals surface area (Å²) in [5, 5.41) is 10.9. The van der Waals surface area contributed by atoms with Gasteiger partial charge in [-0.2, -0.15) is 5.10 Å². The Balaban J connectivity index is 1.74. The first-order valence-electron chi connectivity index (χ1n) is 7.23. The number of H-pyrrole nitrogens is 1. The van der Waals surface area contributed by atoms with E-state index in [4.69, 9.17) is 5.73 Å². The van der Waals surface area contributed by atoms with Crippen LogP contribution in [-0.4, -0.2) is 28.2 Å². The molecule has 0 saturated heterocycles. The van der Waals surface area contributed by atoms with Gasteiger partial charge in [0.2, 0.25) is 0 Å². The van der Waals surface area contributed by atoms with E-state index in [-0.39, 0.29) is 18.0 Å². The Hall–Kier alpha value is -1.88. The van der Waals surface area contributed by atoms with Crippen molar-refractivity contribution in [1.29, 1.82) is 0 Å². The van der Waals surface area contributed by atoms with Gasteiger partial charge in [0.25, 0.3) is 5.91 Å². The second-order valence-electron chi connectivity index (χ2n) is 5.55. The molecular weight excluding hydrogens is 252 g/mol. The molecule has 1 aliphatic carbocycles. The van der Waals surface area contributed by atoms with Crippen molar-refractivity contribution in [3.05, 3.63) is 30.0 Å². The Bertz CT molecular complexity index is 607. The summed E-state index contributed by atoms with van der Waals surface area (Å²) in [6.07, 6.45) is 7.22. The van der Waals surface area contributed by atoms with E-state index in [1.54, 1.807) is 6.20 Å². The topological polar surface area (TPSA) is 83.8 Å². The van der Waals surface area contributed by atoms with Gasteiger partial charge >= 0.3 is 0 Å². The third-order valence-corrected chi connectivity index (χ3v) is 4.09. The first-order chi connectivity index (χ1) is 9.74. The van der Waals surface area contributed by atoms with E-state index >= 15 is 0 Å². The number of benzene rings is 1. The number of carbonyl (C=O) groups excluding carboxylic acids is 1. The molecule has 1 fully saturated rings. The number of aromatic nitrogens is 2. The summed E-state index contributed by atoms with van der Waals surface area (Å²) in [7, 11) is 0. The van der Waals surface area contributed by atoms with Crippen molar-refractivity contribution in [3.63, 3.8) is 0 Å². The number of fused-ring (bicyclic) bond motifs is 1. The Kier molecular flexibility index (Phi) is 3.69. The van der Waals surface area contributed by atoms with E-state index in [0.29, 0.717) is 5.56 Å². The van der Waals surface area contributed by atoms with Gasteiger partial charge < -0.3 is 11.1 Å². The molecule has 1 aliphatic rings. The molecule has 2 atom stereocenters. The zero-order valence-corrected chi connectivity index (χ0v) is 11.4. The van der Waals surface area contributed by atoms with Crippen molar-refractivity contribution in [3.8, 4) is 0 Å². The van der Waals surface area contributed by atoms with Gasteiger partial charge in [-0.1, -0.05) is 25.3 Å². The van der Waals surface area contributed by atoms with Crippen LogP contribution in [0.3, 0.4) is 0 Å². The van der Waals surface area contributed by atoms with Gasteiger partial charge in [-0.3, -0.25) is 9.89 Å². The highest BCUT2D eigenvalue weighted by Gasteiger charge is 2.22. The molecule has 20 heavy (non-hydrogen) atoms. The minimum absolute atomic E-state index is 0.0520. The van der Waals surface area contributed by atoms with Crippen molar-refractivity contribution in [2.24, 2.45) is 5.73 Å². The minimum atomic E-state index is -0.0520. The van der Waals surface area contributed by atoms with Crippen LogP contribution in [0.2, 0.25) is 0 Å². The molecule has 2 aromatic rings. The fourth-order valence-corrected chi connectivity index (χ4v) is 2.85. The Morgan fingerprint density at radius 2 is 2.15 bits per heavy atom. The van der Waals surface area contributed by atoms with Gasteiger partial charge in [0, 0.05) is 23.0 Å². The predicted octanol–water partition coefficient (Wildman–Crippen LogP) is 1.95. The van der Waals surface area contributed by atoms with Crippen LogP contribution in [0.15, 0.2) is 24.4 Å². The first kappa shape index (κ1) is 13.1. The zero-order valence-electron chi connectivity index (χ0n) is 11.4. The van der Waals surface area contributed by atoms with Crippen LogP contribution < -0.4 is 11.1 Å². The molecule has 1 aromatic carbocycles. The molecule has 0 bridgehead atoms. The first-order valence-corrected chi connectivity index (χ1v) is 7.23. The summed E-state index contributed by atoms with van der Waals surface area (Å²) in [5.41, 5.74) is 7.68. The van der Waals surface area contributed by atoms with Crippen molar-refractivity contribution in [2.75, 3.05) is 0 Å². The van der Waals surface area contributed by atoms with Crippen molar-refractivity contribution in [2.45, 2.75) is 44.2 Å². The summed E-state index contributed by atoms with van der Waals surface area (Å²) in [6.45, 7) is 0. The average molecular weight is 272 g/mol. The van der Waals surface area contributed by atoms with Gasteiger partial charge in [0.15, 0.2) is 0 Å². The van der Waals surface area contributed by atoms with E-state index in [2.05, 4.69) is 15.5 Å². The van der Waals surface area contributed by atoms with Crippen molar-refractivity contribution >= 4 is 16.8 Å². The number of nitrogens with one attached hydrogen (secondary N) is 2. The minimum Gasteiger partial charge on any atom is -0.348 e. The van der Waals surface area contributed by atoms with Crippen LogP contribution in [0.1, 0.15) is 42.5 Å². The summed E-state index contributed by atoms with van der Waals surface area (Å²) < 4.78 is 0. The molecule has 1 heterocycles. The number of amides is 1. The molecular formula is C15H20N4O. The lowest BCUT2D eigenvalue weighted by Gasteiger charge is -2.22. The maximum Gasteiger partial charge on any atom is 0.251 e. The summed E-state index contributed by atoms with van der Waals surface area (Å²) in [4.78, 5) is 12.3. The second-order valence-corrected chi connectivity index (χ2v) is 5.55. The molecule has 5 nitrogen and oxygen atoms in total. The highest BCUT2D eigenvalue weighted by molar-refractivity contribution is 5.97. The lowest BCUT2D eigenvalue weighted by atomic mass is 10.0. The number of nitrogens with two attached hydrogens (primary N) is 1. The lowest BCUT2D eigenvalue weighted by Crippen LogP contribution is -2.46. The van der Waals surface area contributed by atoms with Crippen molar-refractivity contribution in [1.82, 2.24) is 15.5 Å². The molecule has 5 heteroatoms. The molecule has 2 unspecified atom stereocenters. The third kappa shape index (κ3) is 2.67. The molecule has 1 aromatic heterocycles. The maximum atomic E-state index is 12.3. The standard InChI is InChI=1S/C15H20N4O/c16-12-4-2-1-3-5-13(12)18-15(20)10-6-7-11-9-17-19-14(11)8-10/h6-9,12-13H,1-5,16H2,(H,17,19)(H,18,20). The number of nitrogens with zero attached hydrogens (tertiary/aromatic N) is 1. The summed E-state index contributed by atoms with van der Waals surface area (Å²) in [6, 6.07) is 5.72. The van der Waals surface area contributed by atoms with Gasteiger partial charge in [0.1, 0.15) is 0 Å². The van der Waals surface area contributed by atoms with Gasteiger partial charge in [-0.15, -0.1) is 0 Å². The molecule has 0 aliphatic heterocycles. The second kappa shape index (κ2) is 5.63. The normalized spacial score (nSPS) is 23.4. The molecule has 1 amide bonds. The maximum absolute atomic E-state index is 12.3. The molecule has 4 N–H and O–H groups in total. The van der Waals surface area contributed by atoms with Crippen LogP contribution in [0, 0.1) is 0 Å². The highest BCUT2D eigenvalue weighted by Crippen LogP contribution is 2.18. The van der Waals surface area contributed by atoms with E-state index in [1.807, 2.05) is 18.2 Å². The van der Waals surface area contributed by atoms with E-state index in [1.165, 1.54) is 6.42 Å². The number of hydrogen-bond acceptors (Lipinski definition) is 3. The smallest absolute Gasteiger partial charge is 0.251 e. The Labute approximate surface area is 117 Å². The van der Waals surface area contributed by atoms with E-state index < -0.39 is 0 Å². The quantitative estimate of drug-likeness (QED) is 0.731. The highest BCUT2D eigenvalue weighted by atomic mass is 16.1. The summed E-state index contributed by atoms with van der Waals surface area (Å²) in [5.74, 6) is -0.0520. The van der Waals surface area contributed by atoms with Crippen LogP contribution in [0.4, 0.5) is 0 Å².